The zero-order chi connectivity index (χ0) is 13.1. The molecule has 0 fully saturated rings. The minimum absolute atomic E-state index is 0.337. The molecule has 17 heavy (non-hydrogen) atoms. The van der Waals surface area contributed by atoms with E-state index in [0.717, 1.165) is 25.2 Å². The normalized spacial score (nSPS) is 10.3. The highest BCUT2D eigenvalue weighted by atomic mass is 16.5. The Balaban J connectivity index is 3.18. The molecule has 0 unspecified atom stereocenters. The number of nitrogens with one attached hydrogen (secondary N) is 1. The average Bonchev–Trinajstić information content (AvgIpc) is 2.20. The summed E-state index contributed by atoms with van der Waals surface area (Å²) in [5.41, 5.74) is 4.75. The molecule has 100 valence electrons. The number of rotatable bonds is 8. The molecular weight excluding hydrogens is 220 g/mol. The summed E-state index contributed by atoms with van der Waals surface area (Å²) in [6, 6.07) is -0.885. The molecule has 0 bridgehead atoms. The second kappa shape index (κ2) is 9.93. The van der Waals surface area contributed by atoms with Crippen molar-refractivity contribution in [2.45, 2.75) is 52.4 Å². The van der Waals surface area contributed by atoms with Gasteiger partial charge in [-0.3, -0.25) is 0 Å². The molecule has 0 aliphatic heterocycles. The van der Waals surface area contributed by atoms with Crippen molar-refractivity contribution in [3.63, 3.8) is 0 Å². The van der Waals surface area contributed by atoms with Crippen LogP contribution >= 0.6 is 0 Å². The first kappa shape index (κ1) is 15.7. The first-order chi connectivity index (χ1) is 8.02. The number of alkyl carbamates (subject to hydrolysis) is 1. The lowest BCUT2D eigenvalue weighted by molar-refractivity contribution is 0.145. The van der Waals surface area contributed by atoms with Crippen LogP contribution in [-0.2, 0) is 4.74 Å². The molecule has 0 spiro atoms. The summed E-state index contributed by atoms with van der Waals surface area (Å²) in [5.74, 6) is 0.774. The van der Waals surface area contributed by atoms with Crippen molar-refractivity contribution < 1.29 is 14.3 Å². The van der Waals surface area contributed by atoms with Crippen LogP contribution < -0.4 is 11.1 Å². The first-order valence-corrected chi connectivity index (χ1v) is 6.25. The average molecular weight is 244 g/mol. The Labute approximate surface area is 103 Å². The number of nitrogens with two attached hydrogens (primary N) is 1. The van der Waals surface area contributed by atoms with Gasteiger partial charge in [-0.05, 0) is 12.3 Å². The van der Waals surface area contributed by atoms with E-state index in [2.05, 4.69) is 13.8 Å². The molecule has 5 heteroatoms. The van der Waals surface area contributed by atoms with Crippen molar-refractivity contribution in [2.24, 2.45) is 11.7 Å². The number of carbonyl (C=O) groups is 2. The van der Waals surface area contributed by atoms with Crippen molar-refractivity contribution in [2.75, 3.05) is 6.61 Å². The summed E-state index contributed by atoms with van der Waals surface area (Å²) >= 11 is 0. The maximum absolute atomic E-state index is 10.8. The predicted octanol–water partition coefficient (Wildman–Crippen LogP) is 2.79. The third-order valence-corrected chi connectivity index (χ3v) is 2.38. The minimum Gasteiger partial charge on any atom is -0.449 e. The number of amides is 3. The zero-order valence-corrected chi connectivity index (χ0v) is 10.8. The van der Waals surface area contributed by atoms with Crippen LogP contribution in [-0.4, -0.2) is 18.7 Å². The van der Waals surface area contributed by atoms with Crippen LogP contribution in [0.5, 0.6) is 0 Å². The van der Waals surface area contributed by atoms with Crippen molar-refractivity contribution in [1.82, 2.24) is 5.32 Å². The molecule has 0 radical (unpaired) electrons. The van der Waals surface area contributed by atoms with E-state index in [-0.39, 0.29) is 0 Å². The zero-order valence-electron chi connectivity index (χ0n) is 10.8. The highest BCUT2D eigenvalue weighted by Crippen LogP contribution is 2.10. The number of ether oxygens (including phenoxy) is 1. The Morgan fingerprint density at radius 2 is 1.71 bits per heavy atom. The third-order valence-electron chi connectivity index (χ3n) is 2.38. The molecule has 0 atom stereocenters. The van der Waals surface area contributed by atoms with Crippen molar-refractivity contribution in [3.8, 4) is 0 Å². The Hall–Kier alpha value is -1.26. The molecule has 0 aromatic rings. The summed E-state index contributed by atoms with van der Waals surface area (Å²) in [5, 5.41) is 1.84. The highest BCUT2D eigenvalue weighted by Gasteiger charge is 2.03. The van der Waals surface area contributed by atoms with Crippen molar-refractivity contribution in [1.29, 1.82) is 0 Å². The summed E-state index contributed by atoms with van der Waals surface area (Å²) in [7, 11) is 0. The van der Waals surface area contributed by atoms with Gasteiger partial charge in [-0.2, -0.15) is 0 Å². The molecule has 0 saturated carbocycles. The molecule has 0 heterocycles. The third kappa shape index (κ3) is 12.7. The van der Waals surface area contributed by atoms with Crippen molar-refractivity contribution in [3.05, 3.63) is 0 Å². The molecule has 3 N–H and O–H groups in total. The van der Waals surface area contributed by atoms with E-state index in [4.69, 9.17) is 10.5 Å². The van der Waals surface area contributed by atoms with Crippen LogP contribution in [0.1, 0.15) is 52.4 Å². The first-order valence-electron chi connectivity index (χ1n) is 6.25. The monoisotopic (exact) mass is 244 g/mol. The van der Waals surface area contributed by atoms with Crippen LogP contribution in [0, 0.1) is 5.92 Å². The molecule has 0 saturated heterocycles. The summed E-state index contributed by atoms with van der Waals surface area (Å²) in [6.07, 6.45) is 6.03. The molecule has 0 rings (SSSR count). The van der Waals surface area contributed by atoms with Crippen LogP contribution in [0.3, 0.4) is 0 Å². The topological polar surface area (TPSA) is 81.4 Å². The van der Waals surface area contributed by atoms with E-state index in [9.17, 15) is 9.59 Å². The van der Waals surface area contributed by atoms with Crippen LogP contribution in [0.4, 0.5) is 9.59 Å². The number of hydrogen-bond donors (Lipinski definition) is 2. The van der Waals surface area contributed by atoms with Gasteiger partial charge in [0.25, 0.3) is 0 Å². The van der Waals surface area contributed by atoms with Gasteiger partial charge in [0.05, 0.1) is 6.61 Å². The van der Waals surface area contributed by atoms with Gasteiger partial charge in [0.15, 0.2) is 0 Å². The summed E-state index contributed by atoms with van der Waals surface area (Å²) in [4.78, 5) is 21.1. The number of imide groups is 1. The number of primary amides is 1. The van der Waals surface area contributed by atoms with Crippen LogP contribution in [0.2, 0.25) is 0 Å². The van der Waals surface area contributed by atoms with E-state index >= 15 is 0 Å². The number of carbonyl (C=O) groups excluding carboxylic acids is 2. The van der Waals surface area contributed by atoms with E-state index < -0.39 is 12.1 Å². The quantitative estimate of drug-likeness (QED) is 0.644. The second-order valence-corrected chi connectivity index (χ2v) is 4.58. The van der Waals surface area contributed by atoms with Gasteiger partial charge in [0, 0.05) is 0 Å². The fourth-order valence-corrected chi connectivity index (χ4v) is 1.49. The maximum Gasteiger partial charge on any atom is 0.415 e. The van der Waals surface area contributed by atoms with Crippen LogP contribution in [0.25, 0.3) is 0 Å². The van der Waals surface area contributed by atoms with Crippen molar-refractivity contribution >= 4 is 12.1 Å². The fraction of sp³-hybridized carbons (Fsp3) is 0.833. The molecule has 0 aromatic heterocycles. The Bertz CT molecular complexity index is 230. The second-order valence-electron chi connectivity index (χ2n) is 4.58. The number of urea groups is 1. The summed E-state index contributed by atoms with van der Waals surface area (Å²) < 4.78 is 4.75. The van der Waals surface area contributed by atoms with Crippen LogP contribution in [0.15, 0.2) is 0 Å². The van der Waals surface area contributed by atoms with E-state index in [1.165, 1.54) is 19.3 Å². The fourth-order valence-electron chi connectivity index (χ4n) is 1.49. The number of unbranched alkanes of at least 4 members (excludes halogenated alkanes) is 4. The lowest BCUT2D eigenvalue weighted by atomic mass is 10.0. The smallest absolute Gasteiger partial charge is 0.415 e. The van der Waals surface area contributed by atoms with Gasteiger partial charge < -0.3 is 10.5 Å². The Morgan fingerprint density at radius 3 is 2.29 bits per heavy atom. The molecule has 0 aliphatic rings. The summed E-state index contributed by atoms with van der Waals surface area (Å²) in [6.45, 7) is 4.79. The Morgan fingerprint density at radius 1 is 1.12 bits per heavy atom. The predicted molar refractivity (Wildman–Crippen MR) is 66.6 cm³/mol. The van der Waals surface area contributed by atoms with E-state index in [1.807, 2.05) is 5.32 Å². The lowest BCUT2D eigenvalue weighted by Crippen LogP contribution is -2.35. The number of hydrogen-bond acceptors (Lipinski definition) is 3. The highest BCUT2D eigenvalue weighted by molar-refractivity contribution is 5.89. The van der Waals surface area contributed by atoms with Gasteiger partial charge in [-0.15, -0.1) is 0 Å². The SMILES string of the molecule is CC(C)CCCCCCCOC(=O)NC(N)=O. The van der Waals surface area contributed by atoms with Gasteiger partial charge >= 0.3 is 12.1 Å². The van der Waals surface area contributed by atoms with Gasteiger partial charge in [-0.1, -0.05) is 46.0 Å². The molecule has 0 aromatic carbocycles. The molecule has 3 amide bonds. The van der Waals surface area contributed by atoms with E-state index in [0.29, 0.717) is 6.61 Å². The lowest BCUT2D eigenvalue weighted by Gasteiger charge is -2.05. The largest absolute Gasteiger partial charge is 0.449 e. The molecule has 0 aliphatic carbocycles. The maximum atomic E-state index is 10.8. The van der Waals surface area contributed by atoms with Gasteiger partial charge in [0.1, 0.15) is 0 Å². The van der Waals surface area contributed by atoms with E-state index in [1.54, 1.807) is 0 Å². The van der Waals surface area contributed by atoms with Gasteiger partial charge in [-0.25, -0.2) is 14.9 Å². The molecular formula is C12H24N2O3. The Kier molecular flexibility index (Phi) is 9.19. The van der Waals surface area contributed by atoms with Gasteiger partial charge in [0.2, 0.25) is 0 Å². The molecule has 5 nitrogen and oxygen atoms in total. The standard InChI is InChI=1S/C12H24N2O3/c1-10(2)8-6-4-3-5-7-9-17-12(16)14-11(13)15/h10H,3-9H2,1-2H3,(H3,13,14,15,16). The minimum atomic E-state index is -0.885.